The lowest BCUT2D eigenvalue weighted by molar-refractivity contribution is 0.112. The van der Waals surface area contributed by atoms with Crippen LogP contribution in [0.15, 0.2) is 48.5 Å². The molecule has 0 spiro atoms. The van der Waals surface area contributed by atoms with Gasteiger partial charge in [-0.1, -0.05) is 30.3 Å². The average molecular weight is 270 g/mol. The number of benzene rings is 2. The van der Waals surface area contributed by atoms with Crippen molar-refractivity contribution in [3.63, 3.8) is 0 Å². The first-order valence-corrected chi connectivity index (χ1v) is 6.68. The van der Waals surface area contributed by atoms with Gasteiger partial charge in [-0.05, 0) is 37.6 Å². The summed E-state index contributed by atoms with van der Waals surface area (Å²) in [5.74, 6) is 1.24. The third-order valence-corrected chi connectivity index (χ3v) is 2.98. The topological polar surface area (TPSA) is 35.5 Å². The zero-order valence-corrected chi connectivity index (χ0v) is 11.7. The van der Waals surface area contributed by atoms with Crippen LogP contribution in [0.25, 0.3) is 0 Å². The van der Waals surface area contributed by atoms with Crippen LogP contribution in [0.5, 0.6) is 11.5 Å². The van der Waals surface area contributed by atoms with E-state index < -0.39 is 0 Å². The third-order valence-electron chi connectivity index (χ3n) is 2.98. The standard InChI is InChI=1S/C17H18O3/c1-3-19-17-11-14(12-18)9-10-16(17)20-13(2)15-7-5-4-6-8-15/h4-13H,3H2,1-2H3/t13-/m1/s1. The highest BCUT2D eigenvalue weighted by Gasteiger charge is 2.11. The second kappa shape index (κ2) is 6.75. The van der Waals surface area contributed by atoms with Gasteiger partial charge in [0, 0.05) is 5.56 Å². The van der Waals surface area contributed by atoms with Crippen LogP contribution >= 0.6 is 0 Å². The summed E-state index contributed by atoms with van der Waals surface area (Å²) in [7, 11) is 0. The van der Waals surface area contributed by atoms with E-state index in [1.54, 1.807) is 18.2 Å². The van der Waals surface area contributed by atoms with E-state index in [1.807, 2.05) is 44.2 Å². The molecule has 0 aromatic heterocycles. The molecule has 1 atom stereocenters. The van der Waals surface area contributed by atoms with E-state index in [4.69, 9.17) is 9.47 Å². The number of ether oxygens (including phenoxy) is 2. The summed E-state index contributed by atoms with van der Waals surface area (Å²) in [6.07, 6.45) is 0.713. The summed E-state index contributed by atoms with van der Waals surface area (Å²) in [5, 5.41) is 0. The molecule has 2 aromatic carbocycles. The first-order chi connectivity index (χ1) is 9.74. The molecule has 0 N–H and O–H groups in total. The number of hydrogen-bond acceptors (Lipinski definition) is 3. The van der Waals surface area contributed by atoms with E-state index in [0.29, 0.717) is 23.7 Å². The van der Waals surface area contributed by atoms with E-state index in [-0.39, 0.29) is 6.10 Å². The molecule has 0 saturated heterocycles. The molecule has 0 fully saturated rings. The predicted octanol–water partition coefficient (Wildman–Crippen LogP) is 4.04. The number of hydrogen-bond donors (Lipinski definition) is 0. The highest BCUT2D eigenvalue weighted by molar-refractivity contribution is 5.76. The molecule has 0 saturated carbocycles. The maximum absolute atomic E-state index is 10.8. The minimum Gasteiger partial charge on any atom is -0.490 e. The monoisotopic (exact) mass is 270 g/mol. The summed E-state index contributed by atoms with van der Waals surface area (Å²) < 4.78 is 11.5. The molecule has 0 aliphatic carbocycles. The highest BCUT2D eigenvalue weighted by Crippen LogP contribution is 2.32. The van der Waals surface area contributed by atoms with Crippen molar-refractivity contribution in [2.45, 2.75) is 20.0 Å². The average Bonchev–Trinajstić information content (AvgIpc) is 2.50. The molecule has 104 valence electrons. The fraction of sp³-hybridized carbons (Fsp3) is 0.235. The molecule has 3 heteroatoms. The molecular formula is C17H18O3. The lowest BCUT2D eigenvalue weighted by atomic mass is 10.1. The van der Waals surface area contributed by atoms with Crippen LogP contribution in [0.4, 0.5) is 0 Å². The summed E-state index contributed by atoms with van der Waals surface area (Å²) in [6.45, 7) is 4.41. The number of carbonyl (C=O) groups excluding carboxylic acids is 1. The van der Waals surface area contributed by atoms with E-state index in [0.717, 1.165) is 11.8 Å². The molecule has 0 aliphatic heterocycles. The van der Waals surface area contributed by atoms with Gasteiger partial charge in [-0.3, -0.25) is 4.79 Å². The fourth-order valence-corrected chi connectivity index (χ4v) is 1.95. The molecule has 0 radical (unpaired) electrons. The normalized spacial score (nSPS) is 11.7. The van der Waals surface area contributed by atoms with Crippen molar-refractivity contribution in [2.24, 2.45) is 0 Å². The zero-order valence-electron chi connectivity index (χ0n) is 11.7. The van der Waals surface area contributed by atoms with Gasteiger partial charge in [0.2, 0.25) is 0 Å². The van der Waals surface area contributed by atoms with Crippen molar-refractivity contribution >= 4 is 6.29 Å². The van der Waals surface area contributed by atoms with Gasteiger partial charge >= 0.3 is 0 Å². The Kier molecular flexibility index (Phi) is 4.77. The van der Waals surface area contributed by atoms with Gasteiger partial charge in [-0.2, -0.15) is 0 Å². The third kappa shape index (κ3) is 3.38. The molecule has 0 heterocycles. The van der Waals surface area contributed by atoms with Gasteiger partial charge in [0.15, 0.2) is 11.5 Å². The van der Waals surface area contributed by atoms with Crippen molar-refractivity contribution in [3.05, 3.63) is 59.7 Å². The Morgan fingerprint density at radius 2 is 1.85 bits per heavy atom. The Morgan fingerprint density at radius 3 is 2.50 bits per heavy atom. The van der Waals surface area contributed by atoms with Crippen molar-refractivity contribution in [3.8, 4) is 11.5 Å². The second-order valence-electron chi connectivity index (χ2n) is 4.43. The Balaban J connectivity index is 2.22. The predicted molar refractivity (Wildman–Crippen MR) is 78.5 cm³/mol. The molecular weight excluding hydrogens is 252 g/mol. The van der Waals surface area contributed by atoms with Crippen molar-refractivity contribution in [1.82, 2.24) is 0 Å². The zero-order chi connectivity index (χ0) is 14.4. The molecule has 0 unspecified atom stereocenters. The van der Waals surface area contributed by atoms with Crippen LogP contribution in [-0.2, 0) is 0 Å². The fourth-order valence-electron chi connectivity index (χ4n) is 1.95. The number of rotatable bonds is 6. The van der Waals surface area contributed by atoms with Crippen molar-refractivity contribution in [1.29, 1.82) is 0 Å². The maximum atomic E-state index is 10.8. The second-order valence-corrected chi connectivity index (χ2v) is 4.43. The summed E-state index contributed by atoms with van der Waals surface area (Å²) >= 11 is 0. The smallest absolute Gasteiger partial charge is 0.162 e. The molecule has 2 aromatic rings. The highest BCUT2D eigenvalue weighted by atomic mass is 16.5. The Bertz CT molecular complexity index is 564. The van der Waals surface area contributed by atoms with E-state index in [9.17, 15) is 4.79 Å². The number of aldehydes is 1. The van der Waals surface area contributed by atoms with Gasteiger partial charge in [-0.25, -0.2) is 0 Å². The molecule has 0 bridgehead atoms. The molecule has 20 heavy (non-hydrogen) atoms. The van der Waals surface area contributed by atoms with Crippen LogP contribution in [0.3, 0.4) is 0 Å². The van der Waals surface area contributed by atoms with Crippen LogP contribution in [0, 0.1) is 0 Å². The minimum atomic E-state index is -0.0857. The Morgan fingerprint density at radius 1 is 1.10 bits per heavy atom. The van der Waals surface area contributed by atoms with Crippen molar-refractivity contribution in [2.75, 3.05) is 6.61 Å². The van der Waals surface area contributed by atoms with E-state index >= 15 is 0 Å². The van der Waals surface area contributed by atoms with E-state index in [1.165, 1.54) is 0 Å². The quantitative estimate of drug-likeness (QED) is 0.743. The van der Waals surface area contributed by atoms with Crippen molar-refractivity contribution < 1.29 is 14.3 Å². The van der Waals surface area contributed by atoms with Crippen LogP contribution in [0.1, 0.15) is 35.9 Å². The summed E-state index contributed by atoms with van der Waals surface area (Å²) in [5.41, 5.74) is 1.67. The lowest BCUT2D eigenvalue weighted by Gasteiger charge is -2.18. The van der Waals surface area contributed by atoms with E-state index in [2.05, 4.69) is 0 Å². The molecule has 0 amide bonds. The van der Waals surface area contributed by atoms with Crippen LogP contribution in [0.2, 0.25) is 0 Å². The van der Waals surface area contributed by atoms with Gasteiger partial charge in [-0.15, -0.1) is 0 Å². The minimum absolute atomic E-state index is 0.0857. The van der Waals surface area contributed by atoms with Crippen LogP contribution < -0.4 is 9.47 Å². The summed E-state index contributed by atoms with van der Waals surface area (Å²) in [4.78, 5) is 10.8. The van der Waals surface area contributed by atoms with Gasteiger partial charge in [0.1, 0.15) is 12.4 Å². The van der Waals surface area contributed by atoms with Gasteiger partial charge < -0.3 is 9.47 Å². The summed E-state index contributed by atoms with van der Waals surface area (Å²) in [6, 6.07) is 15.2. The first kappa shape index (κ1) is 14.1. The maximum Gasteiger partial charge on any atom is 0.162 e. The largest absolute Gasteiger partial charge is 0.490 e. The lowest BCUT2D eigenvalue weighted by Crippen LogP contribution is -2.05. The Hall–Kier alpha value is -2.29. The van der Waals surface area contributed by atoms with Crippen LogP contribution in [-0.4, -0.2) is 12.9 Å². The Labute approximate surface area is 119 Å². The van der Waals surface area contributed by atoms with Gasteiger partial charge in [0.05, 0.1) is 6.61 Å². The van der Waals surface area contributed by atoms with Gasteiger partial charge in [0.25, 0.3) is 0 Å². The SMILES string of the molecule is CCOc1cc(C=O)ccc1O[C@H](C)c1ccccc1. The molecule has 3 nitrogen and oxygen atoms in total. The first-order valence-electron chi connectivity index (χ1n) is 6.68. The molecule has 0 aliphatic rings. The number of carbonyl (C=O) groups is 1. The molecule has 2 rings (SSSR count).